The van der Waals surface area contributed by atoms with Crippen molar-refractivity contribution in [2.45, 2.75) is 46.1 Å². The highest BCUT2D eigenvalue weighted by Crippen LogP contribution is 2.20. The first-order valence-corrected chi connectivity index (χ1v) is 6.67. The second kappa shape index (κ2) is 5.57. The predicted octanol–water partition coefficient (Wildman–Crippen LogP) is 2.08. The van der Waals surface area contributed by atoms with E-state index >= 15 is 0 Å². The Bertz CT molecular complexity index is 431. The van der Waals surface area contributed by atoms with Crippen molar-refractivity contribution < 1.29 is 9.21 Å². The quantitative estimate of drug-likeness (QED) is 0.863. The molecule has 0 radical (unpaired) electrons. The molecule has 1 aliphatic rings. The normalized spacial score (nSPS) is 19.8. The Morgan fingerprint density at radius 2 is 2.11 bits per heavy atom. The number of furan rings is 1. The van der Waals surface area contributed by atoms with Gasteiger partial charge in [-0.05, 0) is 40.2 Å². The van der Waals surface area contributed by atoms with Gasteiger partial charge in [0.25, 0.3) is 5.91 Å². The third kappa shape index (κ3) is 2.75. The molecule has 1 unspecified atom stereocenters. The zero-order valence-corrected chi connectivity index (χ0v) is 11.4. The SMILES string of the molecule is Cc1oc(C)c(C(=O)NCC2CCCCN2)c1C. The Balaban J connectivity index is 1.95. The van der Waals surface area contributed by atoms with Gasteiger partial charge in [0.1, 0.15) is 11.5 Å². The first kappa shape index (κ1) is 13.1. The molecule has 2 heterocycles. The molecule has 0 spiro atoms. The largest absolute Gasteiger partial charge is 0.466 e. The number of hydrogen-bond acceptors (Lipinski definition) is 3. The summed E-state index contributed by atoms with van der Waals surface area (Å²) in [6.07, 6.45) is 3.63. The van der Waals surface area contributed by atoms with Gasteiger partial charge in [0, 0.05) is 18.2 Å². The lowest BCUT2D eigenvalue weighted by Gasteiger charge is -2.23. The fraction of sp³-hybridized carbons (Fsp3) is 0.643. The second-order valence-electron chi connectivity index (χ2n) is 5.07. The molecular weight excluding hydrogens is 228 g/mol. The van der Waals surface area contributed by atoms with E-state index in [-0.39, 0.29) is 5.91 Å². The third-order valence-corrected chi connectivity index (χ3v) is 3.71. The Labute approximate surface area is 108 Å². The molecule has 0 aliphatic carbocycles. The van der Waals surface area contributed by atoms with Crippen LogP contribution in [0.15, 0.2) is 4.42 Å². The van der Waals surface area contributed by atoms with Crippen LogP contribution in [0, 0.1) is 20.8 Å². The molecule has 4 heteroatoms. The van der Waals surface area contributed by atoms with Crippen LogP contribution in [0.25, 0.3) is 0 Å². The maximum absolute atomic E-state index is 12.1. The number of carbonyl (C=O) groups is 1. The van der Waals surface area contributed by atoms with Crippen molar-refractivity contribution in [2.24, 2.45) is 0 Å². The summed E-state index contributed by atoms with van der Waals surface area (Å²) < 4.78 is 5.48. The molecule has 100 valence electrons. The minimum absolute atomic E-state index is 0.0192. The average molecular weight is 250 g/mol. The van der Waals surface area contributed by atoms with Crippen LogP contribution in [0.1, 0.15) is 46.7 Å². The van der Waals surface area contributed by atoms with Gasteiger partial charge in [-0.2, -0.15) is 0 Å². The number of carbonyl (C=O) groups excluding carboxylic acids is 1. The van der Waals surface area contributed by atoms with Gasteiger partial charge in [-0.25, -0.2) is 0 Å². The minimum atomic E-state index is -0.0192. The number of piperidine rings is 1. The van der Waals surface area contributed by atoms with Crippen molar-refractivity contribution in [3.8, 4) is 0 Å². The summed E-state index contributed by atoms with van der Waals surface area (Å²) in [6, 6.07) is 0.413. The van der Waals surface area contributed by atoms with E-state index in [4.69, 9.17) is 4.42 Å². The lowest BCUT2D eigenvalue weighted by Crippen LogP contribution is -2.43. The van der Waals surface area contributed by atoms with E-state index in [0.717, 1.165) is 24.3 Å². The highest BCUT2D eigenvalue weighted by Gasteiger charge is 2.20. The van der Waals surface area contributed by atoms with E-state index in [9.17, 15) is 4.79 Å². The minimum Gasteiger partial charge on any atom is -0.466 e. The zero-order valence-electron chi connectivity index (χ0n) is 11.4. The molecule has 1 amide bonds. The van der Waals surface area contributed by atoms with Crippen molar-refractivity contribution in [3.63, 3.8) is 0 Å². The lowest BCUT2D eigenvalue weighted by molar-refractivity contribution is 0.0945. The van der Waals surface area contributed by atoms with Crippen LogP contribution >= 0.6 is 0 Å². The Kier molecular flexibility index (Phi) is 4.07. The number of nitrogens with one attached hydrogen (secondary N) is 2. The standard InChI is InChI=1S/C14H22N2O2/c1-9-10(2)18-11(3)13(9)14(17)16-8-12-6-4-5-7-15-12/h12,15H,4-8H2,1-3H3,(H,16,17). The molecule has 1 fully saturated rings. The van der Waals surface area contributed by atoms with Crippen LogP contribution in [0.4, 0.5) is 0 Å². The molecule has 1 aromatic rings. The maximum atomic E-state index is 12.1. The topological polar surface area (TPSA) is 54.3 Å². The van der Waals surface area contributed by atoms with Gasteiger partial charge in [-0.3, -0.25) is 4.79 Å². The molecule has 1 aliphatic heterocycles. The first-order chi connectivity index (χ1) is 8.59. The molecule has 1 saturated heterocycles. The summed E-state index contributed by atoms with van der Waals surface area (Å²) in [7, 11) is 0. The lowest BCUT2D eigenvalue weighted by atomic mass is 10.0. The van der Waals surface area contributed by atoms with E-state index in [1.165, 1.54) is 12.8 Å². The summed E-state index contributed by atoms with van der Waals surface area (Å²) in [4.78, 5) is 12.1. The van der Waals surface area contributed by atoms with Gasteiger partial charge in [0.15, 0.2) is 0 Å². The fourth-order valence-corrected chi connectivity index (χ4v) is 2.53. The van der Waals surface area contributed by atoms with Crippen LogP contribution < -0.4 is 10.6 Å². The predicted molar refractivity (Wildman–Crippen MR) is 70.9 cm³/mol. The highest BCUT2D eigenvalue weighted by molar-refractivity contribution is 5.96. The molecular formula is C14H22N2O2. The zero-order chi connectivity index (χ0) is 13.1. The Hall–Kier alpha value is -1.29. The number of amides is 1. The van der Waals surface area contributed by atoms with Crippen LogP contribution in [-0.2, 0) is 0 Å². The first-order valence-electron chi connectivity index (χ1n) is 6.67. The Morgan fingerprint density at radius 3 is 2.67 bits per heavy atom. The van der Waals surface area contributed by atoms with E-state index in [1.807, 2.05) is 20.8 Å². The molecule has 18 heavy (non-hydrogen) atoms. The number of rotatable bonds is 3. The van der Waals surface area contributed by atoms with E-state index in [0.29, 0.717) is 23.9 Å². The molecule has 0 saturated carbocycles. The highest BCUT2D eigenvalue weighted by atomic mass is 16.3. The fourth-order valence-electron chi connectivity index (χ4n) is 2.53. The van der Waals surface area contributed by atoms with Crippen LogP contribution in [0.3, 0.4) is 0 Å². The van der Waals surface area contributed by atoms with Gasteiger partial charge in [0.05, 0.1) is 5.56 Å². The summed E-state index contributed by atoms with van der Waals surface area (Å²) in [6.45, 7) is 7.42. The van der Waals surface area contributed by atoms with Crippen LogP contribution in [0.5, 0.6) is 0 Å². The van der Waals surface area contributed by atoms with Gasteiger partial charge in [-0.1, -0.05) is 6.42 Å². The summed E-state index contributed by atoms with van der Waals surface area (Å²) in [5, 5.41) is 6.42. The van der Waals surface area contributed by atoms with Gasteiger partial charge >= 0.3 is 0 Å². The van der Waals surface area contributed by atoms with Crippen LogP contribution in [-0.4, -0.2) is 25.0 Å². The number of hydrogen-bond donors (Lipinski definition) is 2. The van der Waals surface area contributed by atoms with Gasteiger partial charge < -0.3 is 15.1 Å². The number of aryl methyl sites for hydroxylation is 2. The van der Waals surface area contributed by atoms with Crippen molar-refractivity contribution in [2.75, 3.05) is 13.1 Å². The third-order valence-electron chi connectivity index (χ3n) is 3.71. The molecule has 1 aromatic heterocycles. The molecule has 0 bridgehead atoms. The summed E-state index contributed by atoms with van der Waals surface area (Å²) in [5.74, 6) is 1.52. The average Bonchev–Trinajstić information content (AvgIpc) is 2.62. The molecule has 2 rings (SSSR count). The van der Waals surface area contributed by atoms with E-state index < -0.39 is 0 Å². The van der Waals surface area contributed by atoms with Gasteiger partial charge in [0.2, 0.25) is 0 Å². The van der Waals surface area contributed by atoms with Crippen molar-refractivity contribution >= 4 is 5.91 Å². The van der Waals surface area contributed by atoms with Crippen LogP contribution in [0.2, 0.25) is 0 Å². The molecule has 2 N–H and O–H groups in total. The second-order valence-corrected chi connectivity index (χ2v) is 5.07. The van der Waals surface area contributed by atoms with Crippen molar-refractivity contribution in [3.05, 3.63) is 22.6 Å². The molecule has 1 atom stereocenters. The molecule has 0 aromatic carbocycles. The van der Waals surface area contributed by atoms with Gasteiger partial charge in [-0.15, -0.1) is 0 Å². The summed E-state index contributed by atoms with van der Waals surface area (Å²) >= 11 is 0. The molecule has 4 nitrogen and oxygen atoms in total. The van der Waals surface area contributed by atoms with E-state index in [2.05, 4.69) is 10.6 Å². The summed E-state index contributed by atoms with van der Waals surface area (Å²) in [5.41, 5.74) is 1.64. The van der Waals surface area contributed by atoms with Crippen molar-refractivity contribution in [1.29, 1.82) is 0 Å². The maximum Gasteiger partial charge on any atom is 0.255 e. The van der Waals surface area contributed by atoms with E-state index in [1.54, 1.807) is 0 Å². The Morgan fingerprint density at radius 1 is 1.33 bits per heavy atom. The van der Waals surface area contributed by atoms with Crippen molar-refractivity contribution in [1.82, 2.24) is 10.6 Å². The smallest absolute Gasteiger partial charge is 0.255 e. The monoisotopic (exact) mass is 250 g/mol.